The molecule has 0 radical (unpaired) electrons. The number of carbonyl (C=O) groups is 11. The Bertz CT molecular complexity index is 5550. The van der Waals surface area contributed by atoms with E-state index in [-0.39, 0.29) is 168 Å². The van der Waals surface area contributed by atoms with E-state index in [2.05, 4.69) is 28.8 Å². The number of ketones is 7. The van der Waals surface area contributed by atoms with Crippen LogP contribution in [0.15, 0.2) is 127 Å². The number of imidazole rings is 2. The van der Waals surface area contributed by atoms with Crippen molar-refractivity contribution >= 4 is 81.8 Å². The van der Waals surface area contributed by atoms with Gasteiger partial charge in [0, 0.05) is 202 Å². The Kier molecular flexibility index (Phi) is 30.0. The smallest absolute Gasteiger partial charge is 0.310 e. The molecule has 0 fully saturated rings. The summed E-state index contributed by atoms with van der Waals surface area (Å²) in [6.07, 6.45) is 21.2. The monoisotopic (exact) mass is 1640 g/mol. The summed E-state index contributed by atoms with van der Waals surface area (Å²) in [5.74, 6) is -1.16. The summed E-state index contributed by atoms with van der Waals surface area (Å²) < 4.78 is 24.9. The zero-order chi connectivity index (χ0) is 85.3. The molecule has 3 amide bonds. The number of aliphatic hydroxyl groups excluding tert-OH is 1. The molecule has 0 aliphatic carbocycles. The van der Waals surface area contributed by atoms with E-state index >= 15 is 0 Å². The molecule has 28 nitrogen and oxygen atoms in total. The molecule has 1 unspecified atom stereocenters. The average molecular weight is 1640 g/mol. The van der Waals surface area contributed by atoms with Gasteiger partial charge in [-0.05, 0) is 128 Å². The van der Waals surface area contributed by atoms with Crippen LogP contribution < -0.4 is 9.64 Å². The van der Waals surface area contributed by atoms with E-state index in [1.807, 2.05) is 24.3 Å². The van der Waals surface area contributed by atoms with E-state index in [0.717, 1.165) is 48.1 Å². The van der Waals surface area contributed by atoms with Gasteiger partial charge in [0.15, 0.2) is 34.8 Å². The Balaban J connectivity index is 0.000000284. The van der Waals surface area contributed by atoms with Crippen molar-refractivity contribution in [3.63, 3.8) is 0 Å². The zero-order valence-corrected chi connectivity index (χ0v) is 70.2. The summed E-state index contributed by atoms with van der Waals surface area (Å²) in [5, 5.41) is 10.2. The number of anilines is 1. The van der Waals surface area contributed by atoms with Gasteiger partial charge in [-0.2, -0.15) is 0 Å². The van der Waals surface area contributed by atoms with Crippen LogP contribution in [0.1, 0.15) is 238 Å². The topological polar surface area (TPSA) is 314 Å². The van der Waals surface area contributed by atoms with Crippen molar-refractivity contribution in [1.29, 1.82) is 0 Å². The summed E-state index contributed by atoms with van der Waals surface area (Å²) in [4.78, 5) is 164. The highest BCUT2D eigenvalue weighted by Crippen LogP contribution is 2.39. The molecule has 12 rings (SSSR count). The van der Waals surface area contributed by atoms with E-state index in [4.69, 9.17) is 9.47 Å². The first-order valence-corrected chi connectivity index (χ1v) is 39.8. The van der Waals surface area contributed by atoms with E-state index in [0.29, 0.717) is 116 Å². The maximum Gasteiger partial charge on any atom is 0.310 e. The van der Waals surface area contributed by atoms with E-state index < -0.39 is 5.60 Å². The molecule has 0 bridgehead atoms. The van der Waals surface area contributed by atoms with Crippen LogP contribution in [0.25, 0.3) is 0 Å². The molecule has 8 aromatic heterocycles. The molecule has 28 heteroatoms. The third-order valence-corrected chi connectivity index (χ3v) is 21.1. The number of nitrogens with zero attached hydrogens (tertiary/aromatic N) is 14. The number of aromatic nitrogens is 10. The number of fused-ring (bicyclic) bond motifs is 4. The van der Waals surface area contributed by atoms with Crippen LogP contribution in [0.2, 0.25) is 0 Å². The van der Waals surface area contributed by atoms with Gasteiger partial charge in [0.25, 0.3) is 17.7 Å². The number of para-hydroxylation sites is 1. The van der Waals surface area contributed by atoms with Gasteiger partial charge in [0.2, 0.25) is 11.6 Å². The van der Waals surface area contributed by atoms with Crippen LogP contribution in [0, 0.1) is 0 Å². The van der Waals surface area contributed by atoms with Crippen molar-refractivity contribution in [2.24, 2.45) is 61.4 Å². The Hall–Kier alpha value is -12.5. The van der Waals surface area contributed by atoms with Crippen molar-refractivity contribution in [2.75, 3.05) is 38.7 Å². The van der Waals surface area contributed by atoms with Crippen LogP contribution in [0.3, 0.4) is 0 Å². The fourth-order valence-electron chi connectivity index (χ4n) is 15.2. The molecule has 2 aromatic carbocycles. The van der Waals surface area contributed by atoms with E-state index in [1.54, 1.807) is 247 Å². The van der Waals surface area contributed by atoms with Crippen LogP contribution >= 0.6 is 0 Å². The fraction of sp³-hybridized carbons (Fsp3) is 0.413. The molecule has 0 saturated heterocycles. The average Bonchev–Trinajstić information content (AvgIpc) is 1.60. The molecule has 636 valence electrons. The molecule has 1 N–H and O–H groups in total. The number of aliphatic hydroxyl groups is 1. The van der Waals surface area contributed by atoms with Crippen LogP contribution in [0.4, 0.5) is 11.4 Å². The van der Waals surface area contributed by atoms with Crippen molar-refractivity contribution < 1.29 is 67.3 Å². The molecule has 0 saturated carbocycles. The zero-order valence-electron chi connectivity index (χ0n) is 70.2. The maximum atomic E-state index is 13.7. The number of unbranched alkanes of at least 4 members (excludes halogenated alkanes) is 2. The maximum absolute atomic E-state index is 13.7. The number of aryl methyl sites for hydroxylation is 8. The lowest BCUT2D eigenvalue weighted by atomic mass is 10.1. The Morgan fingerprint density at radius 2 is 0.892 bits per heavy atom. The molecular formula is C92H114N14O14. The summed E-state index contributed by atoms with van der Waals surface area (Å²) in [6.45, 7) is 10.8. The summed E-state index contributed by atoms with van der Waals surface area (Å²) in [7, 11) is 17.6. The molecule has 2 aliphatic rings. The molecular weight excluding hydrogens is 1530 g/mol. The molecule has 120 heavy (non-hydrogen) atoms. The van der Waals surface area contributed by atoms with Crippen molar-refractivity contribution in [3.05, 3.63) is 230 Å². The highest BCUT2D eigenvalue weighted by molar-refractivity contribution is 6.15. The molecule has 10 heterocycles. The molecule has 1 atom stereocenters. The predicted molar refractivity (Wildman–Crippen MR) is 459 cm³/mol. The minimum Gasteiger partial charge on any atom is -0.493 e. The second-order valence-electron chi connectivity index (χ2n) is 32.1. The van der Waals surface area contributed by atoms with Gasteiger partial charge in [0.05, 0.1) is 83.9 Å². The van der Waals surface area contributed by atoms with Crippen molar-refractivity contribution in [2.45, 2.75) is 164 Å². The number of esters is 1. The summed E-state index contributed by atoms with van der Waals surface area (Å²) in [6, 6.07) is 21.2. The Morgan fingerprint density at radius 1 is 0.492 bits per heavy atom. The van der Waals surface area contributed by atoms with Gasteiger partial charge >= 0.3 is 5.97 Å². The largest absolute Gasteiger partial charge is 0.493 e. The lowest BCUT2D eigenvalue weighted by Crippen LogP contribution is -2.37. The summed E-state index contributed by atoms with van der Waals surface area (Å²) >= 11 is 0. The number of hydrogen-bond donors (Lipinski definition) is 1. The number of ether oxygens (including phenoxy) is 2. The van der Waals surface area contributed by atoms with Gasteiger partial charge in [-0.1, -0.05) is 59.7 Å². The van der Waals surface area contributed by atoms with E-state index in [1.165, 1.54) is 0 Å². The van der Waals surface area contributed by atoms with Gasteiger partial charge < -0.3 is 60.9 Å². The highest BCUT2D eigenvalue weighted by Gasteiger charge is 2.37. The second-order valence-corrected chi connectivity index (χ2v) is 32.1. The Labute approximate surface area is 701 Å². The molecule has 0 spiro atoms. The summed E-state index contributed by atoms with van der Waals surface area (Å²) in [5.41, 5.74) is 10.5. The van der Waals surface area contributed by atoms with Gasteiger partial charge in [0.1, 0.15) is 28.5 Å². The first-order chi connectivity index (χ1) is 56.1. The number of carbonyl (C=O) groups excluding carboxylic acids is 11. The number of benzene rings is 2. The predicted octanol–water partition coefficient (Wildman–Crippen LogP) is 12.1. The first kappa shape index (κ1) is 91.4. The second kappa shape index (κ2) is 39.4. The van der Waals surface area contributed by atoms with Crippen molar-refractivity contribution in [3.8, 4) is 5.75 Å². The number of rotatable bonds is 36. The molecule has 2 aliphatic heterocycles. The Morgan fingerprint density at radius 3 is 1.32 bits per heavy atom. The number of aliphatic imine (C=N–C) groups is 1. The number of amides is 3. The van der Waals surface area contributed by atoms with Crippen LogP contribution in [0.5, 0.6) is 5.75 Å². The first-order valence-electron chi connectivity index (χ1n) is 39.8. The SMILES string of the molecule is C.C.CCCCN(C)C(=O)c1cc(CC(=O)c2cc(CC(=O)c3nc(CC(=O)c4cc(CC(=O)CCCOc5cc6c(cc5CO)C(=O)N5c7ccccc7CC5C=N6)cn4C)cn3C)cn2C)cn1C.CCCCN(C)C(=O)c1cc(CC(=O)c2cc(CC(=O)c3nc(CC(=O)c4cc(CC(=O)OC(C)(C)C)cn4C)cn3C)cn2C)cn1C. The fourth-order valence-corrected chi connectivity index (χ4v) is 15.2. The standard InChI is InChI=1S/C53H58N8O8.C37H48N6O6.2CH4/c1-7-8-15-56(2)53(68)46-20-35(30-59(46)5)21-47(64)44-19-34(29-58(44)4)22-49(66)51-55-38(31-60(51)6)25-48(65)45-18-33(28-57(45)3)17-40(63)13-11-16-69-50-26-42-41(24-37(50)32-62)52(67)61-39(27-54-42)23-36-12-9-10-14-43(36)61;1-10-11-12-39(5)36(48)30-15-25(21-42(30)8)16-31(44)28-13-24(20-40(28)6)17-33(46)35-38-27(23-43(35)9)19-32(45)29-14-26(22-41(29)7)18-34(47)49-37(2,3)4;;/h9-10,12,14,18-20,24,26-31,39,62H,7-8,11,13,15-17,21-23,25,32H2,1-6H3;13-15,20-23H,10-12,16-19H2,1-9H3;2*1H4. The van der Waals surface area contributed by atoms with Crippen LogP contribution in [-0.2, 0) is 135 Å². The minimum absolute atomic E-state index is 0. The van der Waals surface area contributed by atoms with Gasteiger partial charge in [-0.25, -0.2) is 9.97 Å². The quantitative estimate of drug-likeness (QED) is 0.0217. The third kappa shape index (κ3) is 21.9. The van der Waals surface area contributed by atoms with E-state index in [9.17, 15) is 57.8 Å². The lowest BCUT2D eigenvalue weighted by molar-refractivity contribution is -0.154. The van der Waals surface area contributed by atoms with Gasteiger partial charge in [-0.3, -0.25) is 62.6 Å². The number of hydrogen-bond acceptors (Lipinski definition) is 17. The van der Waals surface area contributed by atoms with Gasteiger partial charge in [-0.15, -0.1) is 0 Å². The highest BCUT2D eigenvalue weighted by atomic mass is 16.6. The molecule has 10 aromatic rings. The lowest BCUT2D eigenvalue weighted by Gasteiger charge is -2.22. The minimum atomic E-state index is -0.597. The number of Topliss-reactive ketones (excluding diaryl/α,β-unsaturated/α-hetero) is 7. The normalized spacial score (nSPS) is 12.7. The van der Waals surface area contributed by atoms with Crippen molar-refractivity contribution in [1.82, 2.24) is 56.3 Å². The third-order valence-electron chi connectivity index (χ3n) is 21.1. The van der Waals surface area contributed by atoms with Crippen LogP contribution in [-0.4, -0.2) is 177 Å².